The first-order valence-electron chi connectivity index (χ1n) is 5.26. The van der Waals surface area contributed by atoms with Crippen LogP contribution in [0.3, 0.4) is 0 Å². The number of benzene rings is 1. The molecule has 0 fully saturated rings. The maximum Gasteiger partial charge on any atom is 0.308 e. The lowest BCUT2D eigenvalue weighted by Gasteiger charge is -2.12. The highest BCUT2D eigenvalue weighted by atomic mass is 127. The topological polar surface area (TPSA) is 39.2 Å². The molecule has 3 nitrogen and oxygen atoms in total. The fourth-order valence-corrected chi connectivity index (χ4v) is 2.47. The van der Waals surface area contributed by atoms with E-state index in [1.165, 1.54) is 6.92 Å². The summed E-state index contributed by atoms with van der Waals surface area (Å²) in [6.07, 6.45) is 0. The van der Waals surface area contributed by atoms with E-state index in [-0.39, 0.29) is 5.97 Å². The van der Waals surface area contributed by atoms with Crippen LogP contribution in [0.4, 0.5) is 0 Å². The Bertz CT molecular complexity index is 581. The molecule has 2 aromatic rings. The van der Waals surface area contributed by atoms with E-state index < -0.39 is 0 Å². The summed E-state index contributed by atoms with van der Waals surface area (Å²) in [4.78, 5) is 15.7. The summed E-state index contributed by atoms with van der Waals surface area (Å²) in [6, 6.07) is 7.70. The van der Waals surface area contributed by atoms with Crippen LogP contribution in [0.2, 0.25) is 0 Å². The summed E-state index contributed by atoms with van der Waals surface area (Å²) < 4.78 is 6.11. The number of esters is 1. The molecule has 0 saturated heterocycles. The van der Waals surface area contributed by atoms with Crippen LogP contribution in [-0.4, -0.2) is 11.0 Å². The van der Waals surface area contributed by atoms with E-state index in [2.05, 4.69) is 27.6 Å². The number of nitrogens with zero attached hydrogens (tertiary/aromatic N) is 1. The number of carbonyl (C=O) groups is 1. The number of hydrogen-bond donors (Lipinski definition) is 0. The van der Waals surface area contributed by atoms with Gasteiger partial charge in [-0.1, -0.05) is 34.7 Å². The van der Waals surface area contributed by atoms with Crippen molar-refractivity contribution in [2.45, 2.75) is 18.3 Å². The lowest BCUT2D eigenvalue weighted by atomic mass is 10.1. The third kappa shape index (κ3) is 2.41. The van der Waals surface area contributed by atoms with Gasteiger partial charge in [0.1, 0.15) is 5.75 Å². The Balaban J connectivity index is 2.75. The van der Waals surface area contributed by atoms with Crippen LogP contribution in [-0.2, 0) is 9.22 Å². The Morgan fingerprint density at radius 3 is 2.76 bits per heavy atom. The molecule has 0 bridgehead atoms. The summed E-state index contributed by atoms with van der Waals surface area (Å²) in [5.41, 5.74) is 2.76. The summed E-state index contributed by atoms with van der Waals surface area (Å²) in [6.45, 7) is 3.35. The first-order valence-corrected chi connectivity index (χ1v) is 6.78. The van der Waals surface area contributed by atoms with E-state index in [0.717, 1.165) is 26.6 Å². The van der Waals surface area contributed by atoms with Gasteiger partial charge in [-0.15, -0.1) is 0 Å². The molecule has 4 heteroatoms. The number of rotatable bonds is 2. The molecule has 1 aromatic heterocycles. The van der Waals surface area contributed by atoms with E-state index in [9.17, 15) is 4.79 Å². The van der Waals surface area contributed by atoms with Crippen molar-refractivity contribution in [2.75, 3.05) is 0 Å². The Morgan fingerprint density at radius 2 is 2.12 bits per heavy atom. The van der Waals surface area contributed by atoms with Crippen LogP contribution in [0.5, 0.6) is 5.75 Å². The molecule has 0 amide bonds. The van der Waals surface area contributed by atoms with Crippen molar-refractivity contribution in [2.24, 2.45) is 0 Å². The smallest absolute Gasteiger partial charge is 0.308 e. The molecule has 0 aliphatic rings. The highest BCUT2D eigenvalue weighted by Crippen LogP contribution is 2.31. The lowest BCUT2D eigenvalue weighted by Crippen LogP contribution is -2.06. The number of fused-ring (bicyclic) bond motifs is 1. The van der Waals surface area contributed by atoms with Gasteiger partial charge in [-0.25, -0.2) is 0 Å². The van der Waals surface area contributed by atoms with Crippen LogP contribution < -0.4 is 4.74 Å². The number of carbonyl (C=O) groups excluding carboxylic acids is 1. The maximum absolute atomic E-state index is 11.2. The second-order valence-electron chi connectivity index (χ2n) is 3.76. The van der Waals surface area contributed by atoms with Crippen molar-refractivity contribution in [3.63, 3.8) is 0 Å². The van der Waals surface area contributed by atoms with E-state index in [0.29, 0.717) is 5.75 Å². The van der Waals surface area contributed by atoms with E-state index in [1.54, 1.807) is 0 Å². The molecule has 0 unspecified atom stereocenters. The molecular formula is C13H12INO2. The SMILES string of the molecule is CC(=O)Oc1c(C)c(CI)nc2ccccc12. The minimum Gasteiger partial charge on any atom is -0.426 e. The number of ether oxygens (including phenoxy) is 1. The van der Waals surface area contributed by atoms with Gasteiger partial charge in [0.2, 0.25) is 0 Å². The zero-order valence-electron chi connectivity index (χ0n) is 9.66. The normalized spacial score (nSPS) is 10.5. The van der Waals surface area contributed by atoms with Crippen LogP contribution in [0, 0.1) is 6.92 Å². The van der Waals surface area contributed by atoms with Gasteiger partial charge in [-0.2, -0.15) is 0 Å². The summed E-state index contributed by atoms with van der Waals surface area (Å²) >= 11 is 2.26. The van der Waals surface area contributed by atoms with Gasteiger partial charge in [-0.05, 0) is 19.1 Å². The van der Waals surface area contributed by atoms with Gasteiger partial charge < -0.3 is 4.74 Å². The third-order valence-electron chi connectivity index (χ3n) is 2.55. The van der Waals surface area contributed by atoms with Gasteiger partial charge in [0, 0.05) is 22.3 Å². The average Bonchev–Trinajstić information content (AvgIpc) is 2.32. The highest BCUT2D eigenvalue weighted by molar-refractivity contribution is 14.1. The number of aromatic nitrogens is 1. The first-order chi connectivity index (χ1) is 8.13. The molecule has 1 heterocycles. The van der Waals surface area contributed by atoms with E-state index >= 15 is 0 Å². The molecule has 17 heavy (non-hydrogen) atoms. The molecule has 0 radical (unpaired) electrons. The van der Waals surface area contributed by atoms with Crippen molar-refractivity contribution in [1.29, 1.82) is 0 Å². The zero-order valence-corrected chi connectivity index (χ0v) is 11.8. The summed E-state index contributed by atoms with van der Waals surface area (Å²) in [5.74, 6) is 0.332. The summed E-state index contributed by atoms with van der Waals surface area (Å²) in [7, 11) is 0. The van der Waals surface area contributed by atoms with Crippen LogP contribution in [0.15, 0.2) is 24.3 Å². The van der Waals surface area contributed by atoms with Crippen LogP contribution in [0.1, 0.15) is 18.2 Å². The number of alkyl halides is 1. The Kier molecular flexibility index (Phi) is 3.61. The average molecular weight is 341 g/mol. The molecule has 88 valence electrons. The van der Waals surface area contributed by atoms with Crippen molar-refractivity contribution in [1.82, 2.24) is 4.98 Å². The highest BCUT2D eigenvalue weighted by Gasteiger charge is 2.13. The number of hydrogen-bond acceptors (Lipinski definition) is 3. The second-order valence-corrected chi connectivity index (χ2v) is 4.52. The third-order valence-corrected chi connectivity index (χ3v) is 3.27. The second kappa shape index (κ2) is 5.00. The monoisotopic (exact) mass is 341 g/mol. The minimum absolute atomic E-state index is 0.302. The molecule has 0 aliphatic carbocycles. The lowest BCUT2D eigenvalue weighted by molar-refractivity contribution is -0.131. The molecular weight excluding hydrogens is 329 g/mol. The van der Waals surface area contributed by atoms with Gasteiger partial charge in [0.25, 0.3) is 0 Å². The van der Waals surface area contributed by atoms with E-state index in [1.807, 2.05) is 31.2 Å². The van der Waals surface area contributed by atoms with Crippen molar-refractivity contribution in [3.8, 4) is 5.75 Å². The molecule has 1 aromatic carbocycles. The first kappa shape index (κ1) is 12.3. The number of pyridine rings is 1. The summed E-state index contributed by atoms with van der Waals surface area (Å²) in [5, 5.41) is 0.883. The van der Waals surface area contributed by atoms with Gasteiger partial charge >= 0.3 is 5.97 Å². The van der Waals surface area contributed by atoms with Gasteiger partial charge in [0.05, 0.1) is 11.2 Å². The maximum atomic E-state index is 11.2. The largest absolute Gasteiger partial charge is 0.426 e. The standard InChI is InChI=1S/C13H12INO2/c1-8-12(7-14)15-11-6-4-3-5-10(11)13(8)17-9(2)16/h3-6H,7H2,1-2H3. The fourth-order valence-electron chi connectivity index (χ4n) is 1.73. The number of halogens is 1. The zero-order chi connectivity index (χ0) is 12.4. The van der Waals surface area contributed by atoms with Crippen molar-refractivity contribution in [3.05, 3.63) is 35.5 Å². The van der Waals surface area contributed by atoms with Crippen molar-refractivity contribution >= 4 is 39.5 Å². The van der Waals surface area contributed by atoms with Crippen LogP contribution in [0.25, 0.3) is 10.9 Å². The van der Waals surface area contributed by atoms with Gasteiger partial charge in [-0.3, -0.25) is 9.78 Å². The molecule has 0 spiro atoms. The molecule has 2 rings (SSSR count). The Morgan fingerprint density at radius 1 is 1.41 bits per heavy atom. The number of para-hydroxylation sites is 1. The quantitative estimate of drug-likeness (QED) is 0.477. The van der Waals surface area contributed by atoms with Crippen molar-refractivity contribution < 1.29 is 9.53 Å². The minimum atomic E-state index is -0.302. The molecule has 0 N–H and O–H groups in total. The molecule has 0 atom stereocenters. The van der Waals surface area contributed by atoms with Crippen LogP contribution >= 0.6 is 22.6 Å². The predicted molar refractivity (Wildman–Crippen MR) is 75.5 cm³/mol. The fraction of sp³-hybridized carbons (Fsp3) is 0.231. The van der Waals surface area contributed by atoms with Gasteiger partial charge in [0.15, 0.2) is 0 Å². The Hall–Kier alpha value is -1.17. The molecule has 0 saturated carbocycles. The molecule has 0 aliphatic heterocycles. The predicted octanol–water partition coefficient (Wildman–Crippen LogP) is 3.40. The van der Waals surface area contributed by atoms with E-state index in [4.69, 9.17) is 4.74 Å². The Labute approximate surface area is 113 Å².